The van der Waals surface area contributed by atoms with Crippen molar-refractivity contribution in [3.63, 3.8) is 0 Å². The maximum absolute atomic E-state index is 12.2. The van der Waals surface area contributed by atoms with Gasteiger partial charge in [0.15, 0.2) is 11.2 Å². The fraction of sp³-hybridized carbons (Fsp3) is 0.467. The second-order valence-corrected chi connectivity index (χ2v) is 6.82. The number of carboxylic acids is 1. The van der Waals surface area contributed by atoms with E-state index in [9.17, 15) is 14.7 Å². The first-order valence-electron chi connectivity index (χ1n) is 7.09. The first kappa shape index (κ1) is 16.7. The number of rotatable bonds is 4. The van der Waals surface area contributed by atoms with Gasteiger partial charge in [-0.3, -0.25) is 9.48 Å². The molecule has 2 N–H and O–H groups in total. The van der Waals surface area contributed by atoms with E-state index in [1.807, 2.05) is 20.8 Å². The fourth-order valence-corrected chi connectivity index (χ4v) is 1.72. The van der Waals surface area contributed by atoms with E-state index in [-0.39, 0.29) is 11.1 Å². The Bertz CT molecular complexity index is 737. The monoisotopic (exact) mass is 320 g/mol. The molecule has 23 heavy (non-hydrogen) atoms. The second kappa shape index (κ2) is 5.53. The largest absolute Gasteiger partial charge is 0.479 e. The smallest absolute Gasteiger partial charge is 0.331 e. The highest BCUT2D eigenvalue weighted by Crippen LogP contribution is 2.23. The van der Waals surface area contributed by atoms with Crippen LogP contribution < -0.4 is 5.32 Å². The van der Waals surface area contributed by atoms with E-state index >= 15 is 0 Å². The number of amides is 1. The van der Waals surface area contributed by atoms with Crippen LogP contribution in [0.15, 0.2) is 23.0 Å². The van der Waals surface area contributed by atoms with Crippen molar-refractivity contribution in [3.05, 3.63) is 29.9 Å². The van der Waals surface area contributed by atoms with Gasteiger partial charge in [0, 0.05) is 17.7 Å². The summed E-state index contributed by atoms with van der Waals surface area (Å²) in [6.45, 7) is 8.88. The molecule has 8 heteroatoms. The molecule has 8 nitrogen and oxygen atoms in total. The molecule has 2 aromatic heterocycles. The molecule has 0 aliphatic rings. The second-order valence-electron chi connectivity index (χ2n) is 6.82. The molecule has 1 amide bonds. The molecule has 2 heterocycles. The van der Waals surface area contributed by atoms with Crippen molar-refractivity contribution in [1.82, 2.24) is 14.9 Å². The number of carbonyl (C=O) groups excluding carboxylic acids is 1. The number of carbonyl (C=O) groups is 2. The zero-order valence-electron chi connectivity index (χ0n) is 13.7. The number of carboxylic acid groups (broad SMARTS) is 1. The van der Waals surface area contributed by atoms with E-state index in [1.165, 1.54) is 30.9 Å². The highest BCUT2D eigenvalue weighted by molar-refractivity contribution is 6.02. The lowest BCUT2D eigenvalue weighted by atomic mass is 9.93. The van der Waals surface area contributed by atoms with Crippen molar-refractivity contribution in [2.45, 2.75) is 45.6 Å². The van der Waals surface area contributed by atoms with Gasteiger partial charge in [-0.1, -0.05) is 25.9 Å². The van der Waals surface area contributed by atoms with Crippen molar-refractivity contribution in [1.29, 1.82) is 0 Å². The van der Waals surface area contributed by atoms with Crippen molar-refractivity contribution >= 4 is 17.6 Å². The van der Waals surface area contributed by atoms with Crippen LogP contribution >= 0.6 is 0 Å². The summed E-state index contributed by atoms with van der Waals surface area (Å²) >= 11 is 0. The van der Waals surface area contributed by atoms with Crippen molar-refractivity contribution in [2.75, 3.05) is 5.32 Å². The van der Waals surface area contributed by atoms with E-state index in [0.29, 0.717) is 11.4 Å². The Morgan fingerprint density at radius 3 is 2.43 bits per heavy atom. The molecule has 0 unspecified atom stereocenters. The molecular formula is C15H20N4O4. The SMILES string of the molecule is CC(C)(C)c1cc(C(=O)Nc2cnn(C(C)(C)C(=O)O)c2)no1. The molecule has 0 bridgehead atoms. The maximum Gasteiger partial charge on any atom is 0.331 e. The standard InChI is InChI=1S/C15H20N4O4/c1-14(2,3)11-6-10(18-23-11)12(20)17-9-7-16-19(8-9)15(4,5)13(21)22/h6-8H,1-5H3,(H,17,20)(H,21,22). The van der Waals surface area contributed by atoms with Gasteiger partial charge in [0.2, 0.25) is 0 Å². The third-order valence-electron chi connectivity index (χ3n) is 3.42. The number of anilines is 1. The number of nitrogens with one attached hydrogen (secondary N) is 1. The molecule has 0 aromatic carbocycles. The Labute approximate surface area is 133 Å². The van der Waals surface area contributed by atoms with Crippen LogP contribution in [-0.4, -0.2) is 31.9 Å². The summed E-state index contributed by atoms with van der Waals surface area (Å²) in [5, 5.41) is 19.5. The van der Waals surface area contributed by atoms with E-state index in [2.05, 4.69) is 15.6 Å². The topological polar surface area (TPSA) is 110 Å². The number of nitrogens with zero attached hydrogens (tertiary/aromatic N) is 3. The quantitative estimate of drug-likeness (QED) is 0.894. The Balaban J connectivity index is 2.14. The van der Waals surface area contributed by atoms with Gasteiger partial charge in [0.05, 0.1) is 11.9 Å². The maximum atomic E-state index is 12.2. The van der Waals surface area contributed by atoms with Crippen LogP contribution in [0.2, 0.25) is 0 Å². The highest BCUT2D eigenvalue weighted by Gasteiger charge is 2.30. The van der Waals surface area contributed by atoms with Gasteiger partial charge in [-0.15, -0.1) is 0 Å². The average Bonchev–Trinajstić information content (AvgIpc) is 3.06. The summed E-state index contributed by atoms with van der Waals surface area (Å²) < 4.78 is 6.44. The third kappa shape index (κ3) is 3.41. The molecule has 0 aliphatic heterocycles. The Hall–Kier alpha value is -2.64. The van der Waals surface area contributed by atoms with Crippen LogP contribution in [0.1, 0.15) is 50.9 Å². The summed E-state index contributed by atoms with van der Waals surface area (Å²) in [6, 6.07) is 1.58. The minimum Gasteiger partial charge on any atom is -0.479 e. The molecule has 124 valence electrons. The van der Waals surface area contributed by atoms with Crippen LogP contribution in [0.5, 0.6) is 0 Å². The first-order chi connectivity index (χ1) is 10.5. The van der Waals surface area contributed by atoms with Crippen molar-refractivity contribution < 1.29 is 19.2 Å². The number of hydrogen-bond acceptors (Lipinski definition) is 5. The molecule has 0 fully saturated rings. The lowest BCUT2D eigenvalue weighted by Gasteiger charge is -2.19. The van der Waals surface area contributed by atoms with Crippen LogP contribution in [0.3, 0.4) is 0 Å². The molecule has 2 rings (SSSR count). The molecule has 0 radical (unpaired) electrons. The van der Waals surface area contributed by atoms with Crippen LogP contribution in [-0.2, 0) is 15.7 Å². The summed E-state index contributed by atoms with van der Waals surface area (Å²) in [7, 11) is 0. The zero-order valence-corrected chi connectivity index (χ0v) is 13.7. The van der Waals surface area contributed by atoms with Crippen molar-refractivity contribution in [2.24, 2.45) is 0 Å². The minimum atomic E-state index is -1.21. The third-order valence-corrected chi connectivity index (χ3v) is 3.42. The molecule has 0 saturated carbocycles. The minimum absolute atomic E-state index is 0.153. The van der Waals surface area contributed by atoms with Gasteiger partial charge < -0.3 is 14.9 Å². The van der Waals surface area contributed by atoms with E-state index in [0.717, 1.165) is 0 Å². The lowest BCUT2D eigenvalue weighted by molar-refractivity contribution is -0.146. The predicted molar refractivity (Wildman–Crippen MR) is 82.3 cm³/mol. The Morgan fingerprint density at radius 2 is 1.91 bits per heavy atom. The Morgan fingerprint density at radius 1 is 1.26 bits per heavy atom. The first-order valence-corrected chi connectivity index (χ1v) is 7.09. The number of hydrogen-bond donors (Lipinski definition) is 2. The lowest BCUT2D eigenvalue weighted by Crippen LogP contribution is -2.35. The van der Waals surface area contributed by atoms with E-state index in [4.69, 9.17) is 4.52 Å². The molecule has 0 spiro atoms. The number of aliphatic carboxylic acids is 1. The predicted octanol–water partition coefficient (Wildman–Crippen LogP) is 2.24. The van der Waals surface area contributed by atoms with Crippen molar-refractivity contribution in [3.8, 4) is 0 Å². The Kier molecular flexibility index (Phi) is 4.02. The van der Waals surface area contributed by atoms with Gasteiger partial charge in [-0.05, 0) is 13.8 Å². The average molecular weight is 320 g/mol. The normalized spacial score (nSPS) is 12.2. The zero-order chi connectivity index (χ0) is 17.4. The van der Waals surface area contributed by atoms with Crippen LogP contribution in [0, 0.1) is 0 Å². The van der Waals surface area contributed by atoms with Crippen LogP contribution in [0.4, 0.5) is 5.69 Å². The van der Waals surface area contributed by atoms with Gasteiger partial charge in [0.1, 0.15) is 5.76 Å². The summed E-state index contributed by atoms with van der Waals surface area (Å²) in [5.41, 5.74) is -0.928. The molecular weight excluding hydrogens is 300 g/mol. The van der Waals surface area contributed by atoms with Gasteiger partial charge in [-0.2, -0.15) is 5.10 Å². The van der Waals surface area contributed by atoms with Gasteiger partial charge in [-0.25, -0.2) is 4.79 Å². The summed E-state index contributed by atoms with van der Waals surface area (Å²) in [6.07, 6.45) is 2.84. The molecule has 0 saturated heterocycles. The van der Waals surface area contributed by atoms with Crippen LogP contribution in [0.25, 0.3) is 0 Å². The van der Waals surface area contributed by atoms with Gasteiger partial charge in [0.25, 0.3) is 5.91 Å². The summed E-state index contributed by atoms with van der Waals surface area (Å²) in [4.78, 5) is 23.4. The molecule has 2 aromatic rings. The molecule has 0 atom stereocenters. The molecule has 0 aliphatic carbocycles. The van der Waals surface area contributed by atoms with E-state index in [1.54, 1.807) is 6.07 Å². The summed E-state index contributed by atoms with van der Waals surface area (Å²) in [5.74, 6) is -0.868. The number of aromatic nitrogens is 3. The highest BCUT2D eigenvalue weighted by atomic mass is 16.5. The van der Waals surface area contributed by atoms with Gasteiger partial charge >= 0.3 is 5.97 Å². The fourth-order valence-electron chi connectivity index (χ4n) is 1.72. The van der Waals surface area contributed by atoms with E-state index < -0.39 is 17.4 Å².